The SMILES string of the molecule is CCCCCCCCCC(=O)OCCC(COC(=O)[C@@H](N)C(C)C)Cn1cnc2cnc(N)nc21. The van der Waals surface area contributed by atoms with Crippen LogP contribution in [0.3, 0.4) is 0 Å². The van der Waals surface area contributed by atoms with Gasteiger partial charge in [-0.3, -0.25) is 9.59 Å². The van der Waals surface area contributed by atoms with Crippen molar-refractivity contribution >= 4 is 29.1 Å². The van der Waals surface area contributed by atoms with E-state index >= 15 is 0 Å². The highest BCUT2D eigenvalue weighted by Gasteiger charge is 2.22. The summed E-state index contributed by atoms with van der Waals surface area (Å²) in [4.78, 5) is 36.9. The molecule has 0 radical (unpaired) electrons. The van der Waals surface area contributed by atoms with Crippen LogP contribution in [0.15, 0.2) is 12.5 Å². The Hall–Kier alpha value is -2.75. The first kappa shape index (κ1) is 28.5. The zero-order valence-electron chi connectivity index (χ0n) is 21.4. The fourth-order valence-electron chi connectivity index (χ4n) is 3.71. The Balaban J connectivity index is 1.86. The third-order valence-corrected chi connectivity index (χ3v) is 6.06. The monoisotopic (exact) mass is 490 g/mol. The Morgan fingerprint density at radius 3 is 2.49 bits per heavy atom. The zero-order valence-corrected chi connectivity index (χ0v) is 21.4. The molecule has 2 heterocycles. The van der Waals surface area contributed by atoms with Gasteiger partial charge in [0.25, 0.3) is 0 Å². The summed E-state index contributed by atoms with van der Waals surface area (Å²) in [6.45, 7) is 6.80. The number of nitrogens with two attached hydrogens (primary N) is 2. The van der Waals surface area contributed by atoms with E-state index < -0.39 is 12.0 Å². The van der Waals surface area contributed by atoms with Crippen molar-refractivity contribution in [2.45, 2.75) is 91.1 Å². The molecule has 0 spiro atoms. The van der Waals surface area contributed by atoms with Crippen LogP contribution >= 0.6 is 0 Å². The summed E-state index contributed by atoms with van der Waals surface area (Å²) in [6, 6.07) is -0.683. The van der Waals surface area contributed by atoms with Gasteiger partial charge in [0.2, 0.25) is 5.95 Å². The van der Waals surface area contributed by atoms with Crippen molar-refractivity contribution in [3.63, 3.8) is 0 Å². The van der Waals surface area contributed by atoms with Crippen LogP contribution in [-0.2, 0) is 25.6 Å². The zero-order chi connectivity index (χ0) is 25.6. The summed E-state index contributed by atoms with van der Waals surface area (Å²) in [5.41, 5.74) is 12.9. The van der Waals surface area contributed by atoms with Crippen molar-refractivity contribution in [1.82, 2.24) is 19.5 Å². The van der Waals surface area contributed by atoms with Gasteiger partial charge in [-0.05, 0) is 18.8 Å². The maximum Gasteiger partial charge on any atom is 0.323 e. The Bertz CT molecular complexity index is 916. The van der Waals surface area contributed by atoms with Crippen molar-refractivity contribution < 1.29 is 19.1 Å². The predicted octanol–water partition coefficient (Wildman–Crippen LogP) is 3.63. The molecule has 1 unspecified atom stereocenters. The lowest BCUT2D eigenvalue weighted by molar-refractivity contribution is -0.149. The number of esters is 2. The number of hydrogen-bond acceptors (Lipinski definition) is 9. The van der Waals surface area contributed by atoms with Gasteiger partial charge in [-0.2, -0.15) is 4.98 Å². The summed E-state index contributed by atoms with van der Waals surface area (Å²) in [6.07, 6.45) is 12.2. The molecule has 10 heteroatoms. The third-order valence-electron chi connectivity index (χ3n) is 6.06. The van der Waals surface area contributed by atoms with Gasteiger partial charge < -0.3 is 25.5 Å². The van der Waals surface area contributed by atoms with Crippen LogP contribution < -0.4 is 11.5 Å². The molecular formula is C25H42N6O4. The molecule has 35 heavy (non-hydrogen) atoms. The molecule has 0 saturated carbocycles. The minimum absolute atomic E-state index is 0.0224. The second-order valence-electron chi connectivity index (χ2n) is 9.48. The summed E-state index contributed by atoms with van der Waals surface area (Å²) >= 11 is 0. The average molecular weight is 491 g/mol. The molecule has 0 aliphatic heterocycles. The van der Waals surface area contributed by atoms with Gasteiger partial charge in [-0.15, -0.1) is 0 Å². The van der Waals surface area contributed by atoms with Gasteiger partial charge >= 0.3 is 11.9 Å². The number of carbonyl (C=O) groups excluding carboxylic acids is 2. The predicted molar refractivity (Wildman–Crippen MR) is 135 cm³/mol. The number of unbranched alkanes of at least 4 members (excludes halogenated alkanes) is 6. The summed E-state index contributed by atoms with van der Waals surface area (Å²) in [5.74, 6) is -0.624. The number of rotatable bonds is 17. The maximum absolute atomic E-state index is 12.3. The van der Waals surface area contributed by atoms with Crippen molar-refractivity contribution in [3.05, 3.63) is 12.5 Å². The number of aromatic nitrogens is 4. The molecule has 2 aromatic heterocycles. The average Bonchev–Trinajstić information content (AvgIpc) is 3.22. The largest absolute Gasteiger partial charge is 0.466 e. The van der Waals surface area contributed by atoms with Crippen molar-refractivity contribution in [3.8, 4) is 0 Å². The minimum atomic E-state index is -0.683. The first-order chi connectivity index (χ1) is 16.8. The fourth-order valence-corrected chi connectivity index (χ4v) is 3.71. The van der Waals surface area contributed by atoms with Crippen molar-refractivity contribution in [1.29, 1.82) is 0 Å². The van der Waals surface area contributed by atoms with Crippen LogP contribution in [0.4, 0.5) is 5.95 Å². The third kappa shape index (κ3) is 10.2. The number of nitrogen functional groups attached to an aromatic ring is 1. The summed E-state index contributed by atoms with van der Waals surface area (Å²) < 4.78 is 12.8. The standard InChI is InChI=1S/C25H42N6O4/c1-4-5-6-7-8-9-10-11-21(32)34-13-12-19(16-35-24(33)22(26)18(2)3)15-31-17-29-20-14-28-25(27)30-23(20)31/h14,17-19,22H,4-13,15-16,26H2,1-3H3,(H2,27,28,30)/t19?,22-/m0/s1. The van der Waals surface area contributed by atoms with Crippen LogP contribution in [0.25, 0.3) is 11.2 Å². The molecule has 2 aromatic rings. The lowest BCUT2D eigenvalue weighted by Crippen LogP contribution is -2.38. The van der Waals surface area contributed by atoms with Crippen LogP contribution in [0, 0.1) is 11.8 Å². The lowest BCUT2D eigenvalue weighted by Gasteiger charge is -2.20. The first-order valence-electron chi connectivity index (χ1n) is 12.8. The Morgan fingerprint density at radius 1 is 1.06 bits per heavy atom. The van der Waals surface area contributed by atoms with E-state index in [0.29, 0.717) is 30.6 Å². The highest BCUT2D eigenvalue weighted by atomic mass is 16.5. The van der Waals surface area contributed by atoms with E-state index in [9.17, 15) is 9.59 Å². The Kier molecular flexibility index (Phi) is 12.4. The number of anilines is 1. The molecule has 0 bridgehead atoms. The second kappa shape index (κ2) is 15.3. The second-order valence-corrected chi connectivity index (χ2v) is 9.48. The molecule has 0 aliphatic carbocycles. The minimum Gasteiger partial charge on any atom is -0.466 e. The molecule has 0 fully saturated rings. The number of fused-ring (bicyclic) bond motifs is 1. The van der Waals surface area contributed by atoms with E-state index in [1.165, 1.54) is 25.7 Å². The molecule has 0 aliphatic rings. The highest BCUT2D eigenvalue weighted by molar-refractivity contribution is 5.75. The number of carbonyl (C=O) groups is 2. The first-order valence-corrected chi connectivity index (χ1v) is 12.8. The molecule has 0 amide bonds. The maximum atomic E-state index is 12.3. The summed E-state index contributed by atoms with van der Waals surface area (Å²) in [5, 5.41) is 0. The Labute approximate surface area is 208 Å². The summed E-state index contributed by atoms with van der Waals surface area (Å²) in [7, 11) is 0. The molecule has 0 saturated heterocycles. The van der Waals surface area contributed by atoms with E-state index in [1.807, 2.05) is 18.4 Å². The Morgan fingerprint density at radius 2 is 1.77 bits per heavy atom. The number of nitrogens with zero attached hydrogens (tertiary/aromatic N) is 4. The lowest BCUT2D eigenvalue weighted by atomic mass is 10.1. The van der Waals surface area contributed by atoms with E-state index in [0.717, 1.165) is 19.3 Å². The molecule has 4 N–H and O–H groups in total. The van der Waals surface area contributed by atoms with Gasteiger partial charge in [-0.1, -0.05) is 59.3 Å². The van der Waals surface area contributed by atoms with Gasteiger partial charge in [0, 0.05) is 18.9 Å². The molecule has 2 atom stereocenters. The fraction of sp³-hybridized carbons (Fsp3) is 0.720. The van der Waals surface area contributed by atoms with E-state index in [4.69, 9.17) is 20.9 Å². The van der Waals surface area contributed by atoms with Gasteiger partial charge in [0.1, 0.15) is 11.6 Å². The van der Waals surface area contributed by atoms with E-state index in [-0.39, 0.29) is 37.0 Å². The smallest absolute Gasteiger partial charge is 0.323 e. The van der Waals surface area contributed by atoms with Gasteiger partial charge in [-0.25, -0.2) is 9.97 Å². The molecule has 10 nitrogen and oxygen atoms in total. The van der Waals surface area contributed by atoms with Crippen LogP contribution in [0.5, 0.6) is 0 Å². The van der Waals surface area contributed by atoms with E-state index in [2.05, 4.69) is 21.9 Å². The molecule has 196 valence electrons. The van der Waals surface area contributed by atoms with Crippen LogP contribution in [0.2, 0.25) is 0 Å². The highest BCUT2D eigenvalue weighted by Crippen LogP contribution is 2.16. The van der Waals surface area contributed by atoms with Gasteiger partial charge in [0.05, 0.1) is 25.7 Å². The van der Waals surface area contributed by atoms with Crippen molar-refractivity contribution in [2.75, 3.05) is 18.9 Å². The molecule has 0 aromatic carbocycles. The number of hydrogen-bond donors (Lipinski definition) is 2. The quantitative estimate of drug-likeness (QED) is 0.250. The normalized spacial score (nSPS) is 13.2. The molecule has 2 rings (SSSR count). The molecular weight excluding hydrogens is 448 g/mol. The van der Waals surface area contributed by atoms with Crippen LogP contribution in [0.1, 0.15) is 78.6 Å². The van der Waals surface area contributed by atoms with E-state index in [1.54, 1.807) is 12.5 Å². The van der Waals surface area contributed by atoms with Gasteiger partial charge in [0.15, 0.2) is 5.65 Å². The van der Waals surface area contributed by atoms with Crippen molar-refractivity contribution in [2.24, 2.45) is 17.6 Å². The number of imidazole rings is 1. The number of ether oxygens (including phenoxy) is 2. The topological polar surface area (TPSA) is 148 Å². The van der Waals surface area contributed by atoms with Crippen LogP contribution in [-0.4, -0.2) is 50.7 Å².